The summed E-state index contributed by atoms with van der Waals surface area (Å²) in [5.74, 6) is -0.206. The van der Waals surface area contributed by atoms with E-state index in [1.54, 1.807) is 24.5 Å². The number of H-pyrrole nitrogens is 1. The zero-order valence-electron chi connectivity index (χ0n) is 14.1. The third-order valence-electron chi connectivity index (χ3n) is 4.93. The average molecular weight is 348 g/mol. The Bertz CT molecular complexity index is 1020. The summed E-state index contributed by atoms with van der Waals surface area (Å²) in [4.78, 5) is 22.0. The minimum atomic E-state index is -0.494. The van der Waals surface area contributed by atoms with Crippen molar-refractivity contribution < 1.29 is 9.18 Å². The number of nitrogens with zero attached hydrogens (tertiary/aromatic N) is 3. The molecule has 4 rings (SSSR count). The number of aromatic nitrogens is 2. The van der Waals surface area contributed by atoms with Crippen molar-refractivity contribution in [2.75, 3.05) is 13.1 Å². The first kappa shape index (κ1) is 16.3. The van der Waals surface area contributed by atoms with Gasteiger partial charge in [0.15, 0.2) is 0 Å². The fourth-order valence-corrected chi connectivity index (χ4v) is 3.61. The highest BCUT2D eigenvalue weighted by Crippen LogP contribution is 2.25. The normalized spacial score (nSPS) is 16.8. The predicted molar refractivity (Wildman–Crippen MR) is 94.9 cm³/mol. The van der Waals surface area contributed by atoms with Crippen LogP contribution in [0.15, 0.2) is 42.7 Å². The molecule has 2 aromatic carbocycles. The van der Waals surface area contributed by atoms with Crippen molar-refractivity contribution in [1.82, 2.24) is 14.9 Å². The molecule has 0 saturated carbocycles. The molecule has 2 heterocycles. The van der Waals surface area contributed by atoms with Crippen LogP contribution in [0.25, 0.3) is 11.0 Å². The Morgan fingerprint density at radius 1 is 1.38 bits per heavy atom. The second-order valence-electron chi connectivity index (χ2n) is 6.64. The van der Waals surface area contributed by atoms with Gasteiger partial charge in [0, 0.05) is 13.1 Å². The van der Waals surface area contributed by atoms with Crippen LogP contribution in [0.5, 0.6) is 0 Å². The number of aromatic amines is 1. The van der Waals surface area contributed by atoms with E-state index in [0.717, 1.165) is 23.9 Å². The van der Waals surface area contributed by atoms with Crippen molar-refractivity contribution in [1.29, 1.82) is 5.26 Å². The van der Waals surface area contributed by atoms with Crippen molar-refractivity contribution in [2.45, 2.75) is 12.8 Å². The topological polar surface area (TPSA) is 72.8 Å². The van der Waals surface area contributed by atoms with Crippen LogP contribution < -0.4 is 0 Å². The maximum atomic E-state index is 13.5. The minimum Gasteiger partial charge on any atom is -0.345 e. The maximum Gasteiger partial charge on any atom is 0.256 e. The number of hydrogen-bond acceptors (Lipinski definition) is 3. The summed E-state index contributed by atoms with van der Waals surface area (Å²) in [5, 5.41) is 8.96. The molecule has 0 aliphatic carbocycles. The van der Waals surface area contributed by atoms with E-state index in [4.69, 9.17) is 5.26 Å². The van der Waals surface area contributed by atoms with Gasteiger partial charge in [0.2, 0.25) is 0 Å². The SMILES string of the molecule is N#Cc1cc(CC2CCN(C(=O)c3cccc4[nH]cnc34)C2)ccc1F. The van der Waals surface area contributed by atoms with Crippen LogP contribution in [0.2, 0.25) is 0 Å². The first-order valence-electron chi connectivity index (χ1n) is 8.55. The van der Waals surface area contributed by atoms with Gasteiger partial charge in [0.25, 0.3) is 5.91 Å². The van der Waals surface area contributed by atoms with Crippen molar-refractivity contribution in [2.24, 2.45) is 5.92 Å². The molecule has 0 spiro atoms. The monoisotopic (exact) mass is 348 g/mol. The molecular formula is C20H17FN4O. The minimum absolute atomic E-state index is 0.0120. The summed E-state index contributed by atoms with van der Waals surface area (Å²) in [6, 6.07) is 12.1. The molecule has 5 nitrogen and oxygen atoms in total. The van der Waals surface area contributed by atoms with Gasteiger partial charge in [-0.25, -0.2) is 9.37 Å². The van der Waals surface area contributed by atoms with Crippen LogP contribution in [-0.2, 0) is 6.42 Å². The van der Waals surface area contributed by atoms with Gasteiger partial charge >= 0.3 is 0 Å². The van der Waals surface area contributed by atoms with Crippen LogP contribution in [0.3, 0.4) is 0 Å². The summed E-state index contributed by atoms with van der Waals surface area (Å²) in [7, 11) is 0. The molecule has 26 heavy (non-hydrogen) atoms. The summed E-state index contributed by atoms with van der Waals surface area (Å²) in [5.41, 5.74) is 3.15. The Hall–Kier alpha value is -3.20. The molecule has 1 atom stereocenters. The van der Waals surface area contributed by atoms with E-state index >= 15 is 0 Å². The van der Waals surface area contributed by atoms with Gasteiger partial charge in [-0.15, -0.1) is 0 Å². The highest BCUT2D eigenvalue weighted by Gasteiger charge is 2.28. The third kappa shape index (κ3) is 2.93. The highest BCUT2D eigenvalue weighted by molar-refractivity contribution is 6.04. The lowest BCUT2D eigenvalue weighted by Crippen LogP contribution is -2.29. The van der Waals surface area contributed by atoms with Gasteiger partial charge in [-0.2, -0.15) is 5.26 Å². The zero-order valence-corrected chi connectivity index (χ0v) is 14.1. The molecule has 1 unspecified atom stereocenters. The molecule has 0 bridgehead atoms. The fraction of sp³-hybridized carbons (Fsp3) is 0.250. The molecule has 1 aliphatic heterocycles. The van der Waals surface area contributed by atoms with E-state index < -0.39 is 5.82 Å². The van der Waals surface area contributed by atoms with Gasteiger partial charge in [-0.1, -0.05) is 12.1 Å². The molecule has 1 fully saturated rings. The van der Waals surface area contributed by atoms with Crippen molar-refractivity contribution in [3.8, 4) is 6.07 Å². The van der Waals surface area contributed by atoms with Crippen molar-refractivity contribution >= 4 is 16.9 Å². The predicted octanol–water partition coefficient (Wildman–Crippen LogP) is 3.28. The van der Waals surface area contributed by atoms with E-state index in [1.165, 1.54) is 6.07 Å². The van der Waals surface area contributed by atoms with E-state index in [0.29, 0.717) is 30.1 Å². The van der Waals surface area contributed by atoms with Gasteiger partial charge in [0.1, 0.15) is 17.4 Å². The summed E-state index contributed by atoms with van der Waals surface area (Å²) >= 11 is 0. The lowest BCUT2D eigenvalue weighted by Gasteiger charge is -2.17. The molecule has 1 N–H and O–H groups in total. The number of rotatable bonds is 3. The zero-order chi connectivity index (χ0) is 18.1. The fourth-order valence-electron chi connectivity index (χ4n) is 3.61. The number of carbonyl (C=O) groups excluding carboxylic acids is 1. The van der Waals surface area contributed by atoms with Gasteiger partial charge < -0.3 is 9.88 Å². The van der Waals surface area contributed by atoms with Crippen LogP contribution in [0.1, 0.15) is 27.9 Å². The molecule has 1 saturated heterocycles. The molecule has 3 aromatic rings. The largest absolute Gasteiger partial charge is 0.345 e. The first-order chi connectivity index (χ1) is 12.7. The maximum absolute atomic E-state index is 13.5. The molecule has 1 aromatic heterocycles. The number of para-hydroxylation sites is 1. The Morgan fingerprint density at radius 2 is 2.27 bits per heavy atom. The van der Waals surface area contributed by atoms with Gasteiger partial charge in [0.05, 0.1) is 23.0 Å². The Balaban J connectivity index is 1.48. The van der Waals surface area contributed by atoms with Crippen molar-refractivity contribution in [3.63, 3.8) is 0 Å². The second kappa shape index (κ2) is 6.60. The summed E-state index contributed by atoms with van der Waals surface area (Å²) in [6.07, 6.45) is 3.21. The number of likely N-dealkylation sites (tertiary alicyclic amines) is 1. The smallest absolute Gasteiger partial charge is 0.256 e. The first-order valence-corrected chi connectivity index (χ1v) is 8.55. The Kier molecular flexibility index (Phi) is 4.13. The number of imidazole rings is 1. The quantitative estimate of drug-likeness (QED) is 0.789. The lowest BCUT2D eigenvalue weighted by atomic mass is 9.97. The van der Waals surface area contributed by atoms with E-state index in [1.807, 2.05) is 23.1 Å². The van der Waals surface area contributed by atoms with Gasteiger partial charge in [-0.3, -0.25) is 4.79 Å². The second-order valence-corrected chi connectivity index (χ2v) is 6.64. The van der Waals surface area contributed by atoms with Gasteiger partial charge in [-0.05, 0) is 48.6 Å². The number of benzene rings is 2. The standard InChI is InChI=1S/C20H17FN4O/c21-17-5-4-13(9-15(17)10-22)8-14-6-7-25(11-14)20(26)16-2-1-3-18-19(16)24-12-23-18/h1-5,9,12,14H,6-8,11H2,(H,23,24). The summed E-state index contributed by atoms with van der Waals surface area (Å²) < 4.78 is 13.5. The van der Waals surface area contributed by atoms with Crippen molar-refractivity contribution in [3.05, 3.63) is 65.2 Å². The Morgan fingerprint density at radius 3 is 3.12 bits per heavy atom. The van der Waals surface area contributed by atoms with Crippen LogP contribution in [0, 0.1) is 23.1 Å². The number of amides is 1. The Labute approximate surface area is 150 Å². The van der Waals surface area contributed by atoms with Crippen LogP contribution in [-0.4, -0.2) is 33.9 Å². The molecule has 1 aliphatic rings. The number of fused-ring (bicyclic) bond motifs is 1. The number of halogens is 1. The van der Waals surface area contributed by atoms with E-state index in [2.05, 4.69) is 9.97 Å². The molecule has 130 valence electrons. The number of hydrogen-bond donors (Lipinski definition) is 1. The van der Waals surface area contributed by atoms with Crippen LogP contribution >= 0.6 is 0 Å². The highest BCUT2D eigenvalue weighted by atomic mass is 19.1. The van der Waals surface area contributed by atoms with E-state index in [9.17, 15) is 9.18 Å². The summed E-state index contributed by atoms with van der Waals surface area (Å²) in [6.45, 7) is 1.34. The lowest BCUT2D eigenvalue weighted by molar-refractivity contribution is 0.0789. The average Bonchev–Trinajstić information content (AvgIpc) is 3.31. The number of nitriles is 1. The number of carbonyl (C=O) groups is 1. The number of nitrogens with one attached hydrogen (secondary N) is 1. The molecule has 6 heteroatoms. The van der Waals surface area contributed by atoms with E-state index in [-0.39, 0.29) is 11.5 Å². The molecular weight excluding hydrogens is 331 g/mol. The van der Waals surface area contributed by atoms with Crippen LogP contribution in [0.4, 0.5) is 4.39 Å². The third-order valence-corrected chi connectivity index (χ3v) is 4.93. The molecule has 1 amide bonds. The molecule has 0 radical (unpaired) electrons.